The highest BCUT2D eigenvalue weighted by Crippen LogP contribution is 2.30. The predicted octanol–water partition coefficient (Wildman–Crippen LogP) is 0.131. The lowest BCUT2D eigenvalue weighted by atomic mass is 10.2. The van der Waals surface area contributed by atoms with Gasteiger partial charge in [0.2, 0.25) is 11.8 Å². The van der Waals surface area contributed by atoms with Crippen LogP contribution < -0.4 is 5.32 Å². The van der Waals surface area contributed by atoms with Gasteiger partial charge in [0, 0.05) is 19.2 Å². The normalized spacial score (nSPS) is 31.7. The standard InChI is InChI=1S/C12H20N2O4S/c1-7(15)13-9(6-19)11(16)14-5-3-4-10(14)12-17-8(2)18-12/h8-10,12,19H,3-6H2,1-2H3,(H,13,15)/t8?,9-,10-,12?/m0/s1. The van der Waals surface area contributed by atoms with Gasteiger partial charge < -0.3 is 19.7 Å². The van der Waals surface area contributed by atoms with Crippen molar-refractivity contribution in [2.24, 2.45) is 0 Å². The number of nitrogens with zero attached hydrogens (tertiary/aromatic N) is 1. The molecule has 7 heteroatoms. The number of hydrogen-bond donors (Lipinski definition) is 2. The fourth-order valence-corrected chi connectivity index (χ4v) is 2.80. The van der Waals surface area contributed by atoms with Crippen molar-refractivity contribution in [1.82, 2.24) is 10.2 Å². The van der Waals surface area contributed by atoms with Gasteiger partial charge in [-0.15, -0.1) is 0 Å². The van der Waals surface area contributed by atoms with Gasteiger partial charge in [-0.05, 0) is 19.8 Å². The summed E-state index contributed by atoms with van der Waals surface area (Å²) in [5, 5.41) is 2.62. The molecule has 0 aliphatic carbocycles. The lowest BCUT2D eigenvalue weighted by Gasteiger charge is -2.41. The Morgan fingerprint density at radius 2 is 2.16 bits per heavy atom. The zero-order valence-corrected chi connectivity index (χ0v) is 12.1. The summed E-state index contributed by atoms with van der Waals surface area (Å²) in [5.74, 6) is -0.0582. The average molecular weight is 288 g/mol. The van der Waals surface area contributed by atoms with Crippen molar-refractivity contribution in [2.75, 3.05) is 12.3 Å². The Hall–Kier alpha value is -0.790. The van der Waals surface area contributed by atoms with Gasteiger partial charge in [0.15, 0.2) is 12.6 Å². The van der Waals surface area contributed by atoms with Crippen molar-refractivity contribution in [2.45, 2.75) is 51.4 Å². The van der Waals surface area contributed by atoms with Gasteiger partial charge in [0.25, 0.3) is 0 Å². The molecule has 2 rings (SSSR count). The number of nitrogens with one attached hydrogen (secondary N) is 1. The molecule has 2 atom stereocenters. The number of amides is 2. The quantitative estimate of drug-likeness (QED) is 0.722. The van der Waals surface area contributed by atoms with Gasteiger partial charge in [-0.25, -0.2) is 0 Å². The summed E-state index contributed by atoms with van der Waals surface area (Å²) in [6.07, 6.45) is 1.26. The van der Waals surface area contributed by atoms with Crippen LogP contribution in [0.1, 0.15) is 26.7 Å². The maximum Gasteiger partial charge on any atom is 0.246 e. The molecule has 0 radical (unpaired) electrons. The van der Waals surface area contributed by atoms with E-state index < -0.39 is 6.04 Å². The van der Waals surface area contributed by atoms with E-state index in [-0.39, 0.29) is 36.2 Å². The van der Waals surface area contributed by atoms with Crippen LogP contribution in [0.15, 0.2) is 0 Å². The van der Waals surface area contributed by atoms with Gasteiger partial charge in [-0.2, -0.15) is 12.6 Å². The molecular weight excluding hydrogens is 268 g/mol. The van der Waals surface area contributed by atoms with Crippen molar-refractivity contribution >= 4 is 24.4 Å². The van der Waals surface area contributed by atoms with Crippen LogP contribution in [0, 0.1) is 0 Å². The van der Waals surface area contributed by atoms with Crippen LogP contribution in [-0.2, 0) is 19.1 Å². The lowest BCUT2D eigenvalue weighted by molar-refractivity contribution is -0.388. The zero-order valence-electron chi connectivity index (χ0n) is 11.2. The Balaban J connectivity index is 1.98. The molecule has 2 amide bonds. The van der Waals surface area contributed by atoms with Crippen LogP contribution in [0.25, 0.3) is 0 Å². The molecule has 2 saturated heterocycles. The molecule has 1 N–H and O–H groups in total. The third-order valence-electron chi connectivity index (χ3n) is 3.41. The molecule has 0 unspecified atom stereocenters. The van der Waals surface area contributed by atoms with E-state index in [9.17, 15) is 9.59 Å². The van der Waals surface area contributed by atoms with E-state index in [1.807, 2.05) is 6.92 Å². The molecule has 0 saturated carbocycles. The van der Waals surface area contributed by atoms with Crippen molar-refractivity contribution in [1.29, 1.82) is 0 Å². The first-order valence-electron chi connectivity index (χ1n) is 6.52. The highest BCUT2D eigenvalue weighted by Gasteiger charge is 2.43. The second-order valence-electron chi connectivity index (χ2n) is 4.89. The smallest absolute Gasteiger partial charge is 0.246 e. The number of thiol groups is 1. The minimum atomic E-state index is -0.584. The van der Waals surface area contributed by atoms with E-state index in [4.69, 9.17) is 9.47 Å². The van der Waals surface area contributed by atoms with Gasteiger partial charge in [0.1, 0.15) is 6.04 Å². The van der Waals surface area contributed by atoms with E-state index in [1.165, 1.54) is 6.92 Å². The zero-order chi connectivity index (χ0) is 14.0. The molecule has 0 aromatic heterocycles. The molecule has 6 nitrogen and oxygen atoms in total. The fraction of sp³-hybridized carbons (Fsp3) is 0.833. The summed E-state index contributed by atoms with van der Waals surface area (Å²) in [4.78, 5) is 25.2. The second-order valence-corrected chi connectivity index (χ2v) is 5.25. The molecule has 2 fully saturated rings. The molecular formula is C12H20N2O4S. The van der Waals surface area contributed by atoms with Crippen LogP contribution in [-0.4, -0.2) is 53.7 Å². The predicted molar refractivity (Wildman–Crippen MR) is 71.6 cm³/mol. The van der Waals surface area contributed by atoms with E-state index in [0.717, 1.165) is 12.8 Å². The third-order valence-corrected chi connectivity index (χ3v) is 3.77. The summed E-state index contributed by atoms with van der Waals surface area (Å²) < 4.78 is 11.0. The molecule has 19 heavy (non-hydrogen) atoms. The molecule has 2 heterocycles. The number of carbonyl (C=O) groups is 2. The van der Waals surface area contributed by atoms with Gasteiger partial charge >= 0.3 is 0 Å². The minimum absolute atomic E-state index is 0.0557. The Morgan fingerprint density at radius 3 is 2.68 bits per heavy atom. The maximum absolute atomic E-state index is 12.4. The molecule has 0 aromatic rings. The first-order valence-corrected chi connectivity index (χ1v) is 7.15. The largest absolute Gasteiger partial charge is 0.344 e. The van der Waals surface area contributed by atoms with Crippen LogP contribution >= 0.6 is 12.6 Å². The summed E-state index contributed by atoms with van der Waals surface area (Å²) in [5.41, 5.74) is 0. The number of likely N-dealkylation sites (tertiary alicyclic amines) is 1. The van der Waals surface area contributed by atoms with E-state index in [0.29, 0.717) is 6.54 Å². The van der Waals surface area contributed by atoms with Crippen LogP contribution in [0.5, 0.6) is 0 Å². The molecule has 2 aliphatic rings. The number of hydrogen-bond acceptors (Lipinski definition) is 5. The molecule has 0 bridgehead atoms. The maximum atomic E-state index is 12.4. The van der Waals surface area contributed by atoms with Crippen molar-refractivity contribution in [3.63, 3.8) is 0 Å². The second kappa shape index (κ2) is 6.11. The summed E-state index contributed by atoms with van der Waals surface area (Å²) in [6, 6.07) is -0.640. The van der Waals surface area contributed by atoms with E-state index in [1.54, 1.807) is 4.90 Å². The number of ether oxygens (including phenoxy) is 2. The van der Waals surface area contributed by atoms with E-state index in [2.05, 4.69) is 17.9 Å². The first-order chi connectivity index (χ1) is 9.02. The fourth-order valence-electron chi connectivity index (χ4n) is 2.55. The number of carbonyl (C=O) groups excluding carboxylic acids is 2. The van der Waals surface area contributed by atoms with Crippen LogP contribution in [0.3, 0.4) is 0 Å². The topological polar surface area (TPSA) is 67.9 Å². The summed E-state index contributed by atoms with van der Waals surface area (Å²) >= 11 is 4.13. The number of rotatable bonds is 4. The summed E-state index contributed by atoms with van der Waals surface area (Å²) in [7, 11) is 0. The van der Waals surface area contributed by atoms with Crippen molar-refractivity contribution in [3.05, 3.63) is 0 Å². The molecule has 0 spiro atoms. The Bertz CT molecular complexity index is 360. The SMILES string of the molecule is CC(=O)N[C@@H](CS)C(=O)N1CCC[C@H]1C1OC(C)O1. The highest BCUT2D eigenvalue weighted by molar-refractivity contribution is 7.80. The van der Waals surface area contributed by atoms with Gasteiger partial charge in [-0.3, -0.25) is 9.59 Å². The Kier molecular flexibility index (Phi) is 4.70. The average Bonchev–Trinajstić information content (AvgIpc) is 2.79. The van der Waals surface area contributed by atoms with Gasteiger partial charge in [-0.1, -0.05) is 0 Å². The molecule has 108 valence electrons. The van der Waals surface area contributed by atoms with Crippen LogP contribution in [0.2, 0.25) is 0 Å². The third kappa shape index (κ3) is 3.21. The van der Waals surface area contributed by atoms with Crippen molar-refractivity contribution < 1.29 is 19.1 Å². The molecule has 0 aromatic carbocycles. The minimum Gasteiger partial charge on any atom is -0.344 e. The van der Waals surface area contributed by atoms with Crippen molar-refractivity contribution in [3.8, 4) is 0 Å². The Labute approximate surface area is 118 Å². The highest BCUT2D eigenvalue weighted by atomic mass is 32.1. The van der Waals surface area contributed by atoms with Crippen LogP contribution in [0.4, 0.5) is 0 Å². The van der Waals surface area contributed by atoms with E-state index >= 15 is 0 Å². The Morgan fingerprint density at radius 1 is 1.47 bits per heavy atom. The van der Waals surface area contributed by atoms with Gasteiger partial charge in [0.05, 0.1) is 6.04 Å². The lowest BCUT2D eigenvalue weighted by Crippen LogP contribution is -2.57. The summed E-state index contributed by atoms with van der Waals surface area (Å²) in [6.45, 7) is 3.89. The first kappa shape index (κ1) is 14.6. The molecule has 2 aliphatic heterocycles. The monoisotopic (exact) mass is 288 g/mol.